The monoisotopic (exact) mass is 553 g/mol. The molecule has 0 bridgehead atoms. The first kappa shape index (κ1) is 28.7. The first-order chi connectivity index (χ1) is 17.7. The standard InChI is InChI=1S/C23H19F8N3O4/c1-12-18(20(35)33-13(7-8-22(26,27)28)10-38-21(36)23(29,30)31)34-9-3-6-17(19(34)32-12)37-11-14-15(24)4-2-5-16(14)25/h2-6,9,13H,7-8,10-11H2,1H3,(H,33,35). The zero-order valence-corrected chi connectivity index (χ0v) is 19.4. The number of hydrogen-bond acceptors (Lipinski definition) is 5. The summed E-state index contributed by atoms with van der Waals surface area (Å²) in [4.78, 5) is 28.1. The van der Waals surface area contributed by atoms with Crippen LogP contribution in [-0.2, 0) is 16.1 Å². The molecule has 0 aliphatic carbocycles. The van der Waals surface area contributed by atoms with Crippen molar-refractivity contribution in [3.8, 4) is 5.75 Å². The van der Waals surface area contributed by atoms with Crippen LogP contribution in [0.25, 0.3) is 5.65 Å². The number of halogens is 8. The molecule has 0 aliphatic heterocycles. The zero-order valence-electron chi connectivity index (χ0n) is 19.4. The minimum atomic E-state index is -5.38. The van der Waals surface area contributed by atoms with Gasteiger partial charge in [0.2, 0.25) is 0 Å². The molecule has 15 heteroatoms. The first-order valence-corrected chi connectivity index (χ1v) is 10.8. The van der Waals surface area contributed by atoms with Crippen LogP contribution in [0.5, 0.6) is 5.75 Å². The number of amides is 1. The smallest absolute Gasteiger partial charge is 0.485 e. The Balaban J connectivity index is 1.83. The van der Waals surface area contributed by atoms with Crippen LogP contribution >= 0.6 is 0 Å². The van der Waals surface area contributed by atoms with Gasteiger partial charge in [-0.1, -0.05) is 6.07 Å². The predicted molar refractivity (Wildman–Crippen MR) is 114 cm³/mol. The molecule has 7 nitrogen and oxygen atoms in total. The number of hydrogen-bond donors (Lipinski definition) is 1. The molecular formula is C23H19F8N3O4. The molecule has 1 amide bonds. The number of aromatic nitrogens is 2. The highest BCUT2D eigenvalue weighted by Gasteiger charge is 2.41. The fourth-order valence-electron chi connectivity index (χ4n) is 3.41. The predicted octanol–water partition coefficient (Wildman–Crippen LogP) is 5.05. The van der Waals surface area contributed by atoms with Crippen LogP contribution in [-0.4, -0.2) is 46.3 Å². The van der Waals surface area contributed by atoms with E-state index >= 15 is 0 Å². The number of carbonyl (C=O) groups is 2. The van der Waals surface area contributed by atoms with Gasteiger partial charge in [-0.2, -0.15) is 26.3 Å². The molecule has 1 aromatic carbocycles. The van der Waals surface area contributed by atoms with E-state index in [0.29, 0.717) is 0 Å². The number of rotatable bonds is 9. The maximum absolute atomic E-state index is 13.9. The van der Waals surface area contributed by atoms with Crippen LogP contribution in [0.3, 0.4) is 0 Å². The molecule has 0 fully saturated rings. The minimum Gasteiger partial charge on any atom is -0.485 e. The van der Waals surface area contributed by atoms with Gasteiger partial charge >= 0.3 is 18.3 Å². The van der Waals surface area contributed by atoms with Gasteiger partial charge in [-0.25, -0.2) is 18.6 Å². The van der Waals surface area contributed by atoms with E-state index in [4.69, 9.17) is 4.74 Å². The lowest BCUT2D eigenvalue weighted by atomic mass is 10.1. The lowest BCUT2D eigenvalue weighted by Gasteiger charge is -2.20. The first-order valence-electron chi connectivity index (χ1n) is 10.8. The molecule has 2 aromatic heterocycles. The third kappa shape index (κ3) is 7.10. The van der Waals surface area contributed by atoms with Crippen molar-refractivity contribution in [2.45, 2.75) is 44.8 Å². The summed E-state index contributed by atoms with van der Waals surface area (Å²) in [6, 6.07) is 4.40. The van der Waals surface area contributed by atoms with Gasteiger partial charge in [0.1, 0.15) is 30.5 Å². The number of ether oxygens (including phenoxy) is 2. The lowest BCUT2D eigenvalue weighted by Crippen LogP contribution is -2.41. The second-order valence-corrected chi connectivity index (χ2v) is 8.02. The number of pyridine rings is 1. The van der Waals surface area contributed by atoms with Crippen molar-refractivity contribution in [1.82, 2.24) is 14.7 Å². The molecule has 0 saturated heterocycles. The normalized spacial score (nSPS) is 12.9. The van der Waals surface area contributed by atoms with Crippen molar-refractivity contribution in [2.75, 3.05) is 6.61 Å². The van der Waals surface area contributed by atoms with Crippen LogP contribution in [0.1, 0.15) is 34.6 Å². The van der Waals surface area contributed by atoms with Gasteiger partial charge in [-0.3, -0.25) is 9.20 Å². The molecule has 38 heavy (non-hydrogen) atoms. The molecule has 1 N–H and O–H groups in total. The van der Waals surface area contributed by atoms with Crippen LogP contribution in [0.4, 0.5) is 35.1 Å². The summed E-state index contributed by atoms with van der Waals surface area (Å²) in [5.41, 5.74) is -0.502. The zero-order chi connectivity index (χ0) is 28.3. The van der Waals surface area contributed by atoms with Crippen LogP contribution in [0.2, 0.25) is 0 Å². The number of alkyl halides is 6. The Morgan fingerprint density at radius 2 is 1.71 bits per heavy atom. The van der Waals surface area contributed by atoms with E-state index in [0.717, 1.165) is 12.1 Å². The summed E-state index contributed by atoms with van der Waals surface area (Å²) in [6.45, 7) is -0.329. The second kappa shape index (κ2) is 11.2. The Morgan fingerprint density at radius 3 is 2.32 bits per heavy atom. The number of imidazole rings is 1. The lowest BCUT2D eigenvalue weighted by molar-refractivity contribution is -0.200. The highest BCUT2D eigenvalue weighted by atomic mass is 19.4. The number of nitrogens with zero attached hydrogens (tertiary/aromatic N) is 2. The molecule has 0 saturated carbocycles. The van der Waals surface area contributed by atoms with E-state index in [2.05, 4.69) is 15.0 Å². The maximum Gasteiger partial charge on any atom is 0.490 e. The average Bonchev–Trinajstić information content (AvgIpc) is 3.15. The highest BCUT2D eigenvalue weighted by molar-refractivity contribution is 5.95. The van der Waals surface area contributed by atoms with E-state index in [1.54, 1.807) is 0 Å². The topological polar surface area (TPSA) is 81.9 Å². The van der Waals surface area contributed by atoms with E-state index in [1.807, 2.05) is 0 Å². The molecule has 3 rings (SSSR count). The number of nitrogens with one attached hydrogen (secondary N) is 1. The molecule has 3 aromatic rings. The van der Waals surface area contributed by atoms with Crippen LogP contribution in [0.15, 0.2) is 36.5 Å². The molecule has 1 unspecified atom stereocenters. The van der Waals surface area contributed by atoms with E-state index in [9.17, 15) is 44.7 Å². The van der Waals surface area contributed by atoms with E-state index in [1.165, 1.54) is 35.7 Å². The largest absolute Gasteiger partial charge is 0.490 e. The van der Waals surface area contributed by atoms with Crippen molar-refractivity contribution in [3.05, 3.63) is 65.1 Å². The summed E-state index contributed by atoms with van der Waals surface area (Å²) >= 11 is 0. The molecule has 0 aliphatic rings. The molecule has 1 atom stereocenters. The quantitative estimate of drug-likeness (QED) is 0.297. The van der Waals surface area contributed by atoms with Gasteiger partial charge in [0.05, 0.1) is 17.3 Å². The van der Waals surface area contributed by atoms with Crippen molar-refractivity contribution >= 4 is 17.5 Å². The van der Waals surface area contributed by atoms with Crippen molar-refractivity contribution in [3.63, 3.8) is 0 Å². The Kier molecular flexibility index (Phi) is 8.47. The summed E-state index contributed by atoms with van der Waals surface area (Å²) in [5.74, 6) is -5.35. The second-order valence-electron chi connectivity index (χ2n) is 8.02. The summed E-state index contributed by atoms with van der Waals surface area (Å²) in [5, 5.41) is 2.14. The molecule has 2 heterocycles. The third-order valence-electron chi connectivity index (χ3n) is 5.20. The van der Waals surface area contributed by atoms with Crippen molar-refractivity contribution < 1.29 is 54.2 Å². The summed E-state index contributed by atoms with van der Waals surface area (Å²) in [6.07, 6.45) is -11.1. The minimum absolute atomic E-state index is 0.00466. The van der Waals surface area contributed by atoms with Crippen LogP contribution in [0, 0.1) is 18.6 Å². The highest BCUT2D eigenvalue weighted by Crippen LogP contribution is 2.26. The Hall–Kier alpha value is -3.91. The Bertz CT molecular complexity index is 1300. The molecule has 206 valence electrons. The molecular weight excluding hydrogens is 534 g/mol. The van der Waals surface area contributed by atoms with E-state index in [-0.39, 0.29) is 28.3 Å². The molecule has 0 spiro atoms. The summed E-state index contributed by atoms with van der Waals surface area (Å²) < 4.78 is 114. The van der Waals surface area contributed by atoms with Gasteiger partial charge in [-0.15, -0.1) is 0 Å². The van der Waals surface area contributed by atoms with Gasteiger partial charge in [-0.05, 0) is 37.6 Å². The van der Waals surface area contributed by atoms with E-state index < -0.39 is 68.0 Å². The summed E-state index contributed by atoms with van der Waals surface area (Å²) in [7, 11) is 0. The maximum atomic E-state index is 13.9. The van der Waals surface area contributed by atoms with Gasteiger partial charge in [0.25, 0.3) is 5.91 Å². The fraction of sp³-hybridized carbons (Fsp3) is 0.348. The van der Waals surface area contributed by atoms with Gasteiger partial charge in [0.15, 0.2) is 11.4 Å². The fourth-order valence-corrected chi connectivity index (χ4v) is 3.41. The van der Waals surface area contributed by atoms with Crippen molar-refractivity contribution in [2.24, 2.45) is 0 Å². The Morgan fingerprint density at radius 1 is 1.05 bits per heavy atom. The number of esters is 1. The number of aryl methyl sites for hydroxylation is 1. The van der Waals surface area contributed by atoms with Gasteiger partial charge < -0.3 is 14.8 Å². The van der Waals surface area contributed by atoms with Gasteiger partial charge in [0, 0.05) is 12.6 Å². The Labute approximate surface area is 209 Å². The van der Waals surface area contributed by atoms with Crippen molar-refractivity contribution in [1.29, 1.82) is 0 Å². The van der Waals surface area contributed by atoms with Crippen LogP contribution < -0.4 is 10.1 Å². The number of fused-ring (bicyclic) bond motifs is 1. The number of benzene rings is 1. The average molecular weight is 553 g/mol. The SMILES string of the molecule is Cc1nc2c(OCc3c(F)cccc3F)cccn2c1C(=O)NC(CCC(F)(F)F)COC(=O)C(F)(F)F. The number of carbonyl (C=O) groups excluding carboxylic acids is 2. The third-order valence-corrected chi connectivity index (χ3v) is 5.20. The molecule has 0 radical (unpaired) electrons.